The zero-order chi connectivity index (χ0) is 13.1. The Morgan fingerprint density at radius 1 is 1.53 bits per heavy atom. The molecule has 1 rings (SSSR count). The molecule has 0 unspecified atom stereocenters. The third kappa shape index (κ3) is 3.26. The van der Waals surface area contributed by atoms with E-state index in [0.29, 0.717) is 0 Å². The highest BCUT2D eigenvalue weighted by atomic mass is 32.2. The van der Waals surface area contributed by atoms with Gasteiger partial charge in [-0.1, -0.05) is 0 Å². The molecule has 1 amide bonds. The first-order valence-corrected chi connectivity index (χ1v) is 6.19. The number of hydrogen-bond donors (Lipinski definition) is 1. The molecule has 0 aliphatic heterocycles. The molecule has 0 heterocycles. The van der Waals surface area contributed by atoms with Gasteiger partial charge in [0.1, 0.15) is 11.6 Å². The minimum Gasteiger partial charge on any atom is -0.325 e. The summed E-state index contributed by atoms with van der Waals surface area (Å²) in [6.45, 7) is 1.20. The zero-order valence-corrected chi connectivity index (χ0v) is 9.71. The SMILES string of the molecule is CC(=O)Nc1ccc(F)cc1S(=O)(=O)CC#N. The Labute approximate surface area is 97.8 Å². The Hall–Kier alpha value is -1.94. The summed E-state index contributed by atoms with van der Waals surface area (Å²) in [7, 11) is -3.92. The molecule has 0 fully saturated rings. The molecular formula is C10H9FN2O3S. The Kier molecular flexibility index (Phi) is 3.81. The van der Waals surface area contributed by atoms with Gasteiger partial charge in [0.2, 0.25) is 5.91 Å². The quantitative estimate of drug-likeness (QED) is 0.876. The van der Waals surface area contributed by atoms with E-state index < -0.39 is 32.2 Å². The van der Waals surface area contributed by atoms with E-state index in [2.05, 4.69) is 5.32 Å². The zero-order valence-electron chi connectivity index (χ0n) is 8.90. The number of nitriles is 1. The van der Waals surface area contributed by atoms with Gasteiger partial charge in [0.15, 0.2) is 9.84 Å². The van der Waals surface area contributed by atoms with Gasteiger partial charge in [-0.05, 0) is 18.2 Å². The fourth-order valence-electron chi connectivity index (χ4n) is 1.21. The molecule has 1 N–H and O–H groups in total. The van der Waals surface area contributed by atoms with Crippen molar-refractivity contribution in [3.05, 3.63) is 24.0 Å². The Bertz CT molecular complexity index is 590. The van der Waals surface area contributed by atoms with Crippen LogP contribution >= 0.6 is 0 Å². The van der Waals surface area contributed by atoms with Crippen LogP contribution in [0.5, 0.6) is 0 Å². The molecule has 0 aromatic heterocycles. The summed E-state index contributed by atoms with van der Waals surface area (Å²) in [6.07, 6.45) is 0. The van der Waals surface area contributed by atoms with E-state index in [-0.39, 0.29) is 5.69 Å². The lowest BCUT2D eigenvalue weighted by Gasteiger charge is -2.08. The highest BCUT2D eigenvalue weighted by molar-refractivity contribution is 7.91. The Balaban J connectivity index is 3.35. The molecule has 0 saturated carbocycles. The van der Waals surface area contributed by atoms with Crippen LogP contribution in [0.1, 0.15) is 6.92 Å². The second-order valence-electron chi connectivity index (χ2n) is 3.24. The van der Waals surface area contributed by atoms with Gasteiger partial charge >= 0.3 is 0 Å². The first-order chi connectivity index (χ1) is 7.86. The van der Waals surface area contributed by atoms with Crippen LogP contribution in [0.25, 0.3) is 0 Å². The maximum atomic E-state index is 13.0. The highest BCUT2D eigenvalue weighted by Crippen LogP contribution is 2.23. The lowest BCUT2D eigenvalue weighted by atomic mass is 10.3. The number of hydrogen-bond acceptors (Lipinski definition) is 4. The van der Waals surface area contributed by atoms with Gasteiger partial charge in [0.05, 0.1) is 16.7 Å². The average molecular weight is 256 g/mol. The van der Waals surface area contributed by atoms with Gasteiger partial charge in [0.25, 0.3) is 0 Å². The molecule has 0 radical (unpaired) electrons. The first kappa shape index (κ1) is 13.1. The van der Waals surface area contributed by atoms with E-state index in [1.165, 1.54) is 13.0 Å². The maximum Gasteiger partial charge on any atom is 0.221 e. The number of nitrogens with one attached hydrogen (secondary N) is 1. The minimum atomic E-state index is -3.92. The Morgan fingerprint density at radius 2 is 2.18 bits per heavy atom. The lowest BCUT2D eigenvalue weighted by Crippen LogP contribution is -2.13. The third-order valence-electron chi connectivity index (χ3n) is 1.84. The van der Waals surface area contributed by atoms with Gasteiger partial charge in [-0.3, -0.25) is 4.79 Å². The molecule has 0 saturated heterocycles. The molecule has 0 atom stereocenters. The van der Waals surface area contributed by atoms with E-state index in [4.69, 9.17) is 5.26 Å². The van der Waals surface area contributed by atoms with Crippen LogP contribution in [0.3, 0.4) is 0 Å². The van der Waals surface area contributed by atoms with Crippen LogP contribution in [0.2, 0.25) is 0 Å². The predicted octanol–water partition coefficient (Wildman–Crippen LogP) is 1.08. The second kappa shape index (κ2) is 4.93. The Morgan fingerprint density at radius 3 is 2.71 bits per heavy atom. The van der Waals surface area contributed by atoms with E-state index in [1.807, 2.05) is 0 Å². The summed E-state index contributed by atoms with van der Waals surface area (Å²) in [5, 5.41) is 10.7. The van der Waals surface area contributed by atoms with Crippen LogP contribution in [-0.2, 0) is 14.6 Å². The molecule has 1 aromatic carbocycles. The largest absolute Gasteiger partial charge is 0.325 e. The van der Waals surface area contributed by atoms with Crippen molar-refractivity contribution in [3.63, 3.8) is 0 Å². The first-order valence-electron chi connectivity index (χ1n) is 4.53. The van der Waals surface area contributed by atoms with Crippen molar-refractivity contribution in [1.82, 2.24) is 0 Å². The van der Waals surface area contributed by atoms with Crippen molar-refractivity contribution in [2.45, 2.75) is 11.8 Å². The van der Waals surface area contributed by atoms with Crippen molar-refractivity contribution < 1.29 is 17.6 Å². The standard InChI is InChI=1S/C10H9FN2O3S/c1-7(14)13-9-3-2-8(11)6-10(9)17(15,16)5-4-12/h2-3,6H,5H2,1H3,(H,13,14). The average Bonchev–Trinajstić information content (AvgIpc) is 2.20. The van der Waals surface area contributed by atoms with Gasteiger partial charge < -0.3 is 5.32 Å². The minimum absolute atomic E-state index is 0.0332. The number of benzene rings is 1. The van der Waals surface area contributed by atoms with Crippen LogP contribution in [0.15, 0.2) is 23.1 Å². The number of nitrogens with zero attached hydrogens (tertiary/aromatic N) is 1. The number of carbonyl (C=O) groups is 1. The van der Waals surface area contributed by atoms with Crippen molar-refractivity contribution in [1.29, 1.82) is 5.26 Å². The topological polar surface area (TPSA) is 87.0 Å². The van der Waals surface area contributed by atoms with Gasteiger partial charge in [0, 0.05) is 6.92 Å². The predicted molar refractivity (Wildman–Crippen MR) is 58.4 cm³/mol. The molecule has 90 valence electrons. The van der Waals surface area contributed by atoms with Crippen molar-refractivity contribution in [2.75, 3.05) is 11.1 Å². The van der Waals surface area contributed by atoms with Crippen LogP contribution in [-0.4, -0.2) is 20.1 Å². The van der Waals surface area contributed by atoms with Crippen molar-refractivity contribution in [2.24, 2.45) is 0 Å². The number of sulfone groups is 1. The number of halogens is 1. The third-order valence-corrected chi connectivity index (χ3v) is 3.36. The van der Waals surface area contributed by atoms with E-state index in [9.17, 15) is 17.6 Å². The summed E-state index contributed by atoms with van der Waals surface area (Å²) in [4.78, 5) is 10.5. The van der Waals surface area contributed by atoms with Gasteiger partial charge in [-0.15, -0.1) is 0 Å². The normalized spacial score (nSPS) is 10.6. The molecule has 0 aliphatic rings. The van der Waals surface area contributed by atoms with E-state index >= 15 is 0 Å². The van der Waals surface area contributed by atoms with Crippen LogP contribution in [0, 0.1) is 17.1 Å². The smallest absolute Gasteiger partial charge is 0.221 e. The van der Waals surface area contributed by atoms with Crippen molar-refractivity contribution >= 4 is 21.4 Å². The second-order valence-corrected chi connectivity index (χ2v) is 5.20. The van der Waals surface area contributed by atoms with E-state index in [1.54, 1.807) is 0 Å². The maximum absolute atomic E-state index is 13.0. The molecule has 17 heavy (non-hydrogen) atoms. The molecule has 5 nitrogen and oxygen atoms in total. The molecule has 0 bridgehead atoms. The van der Waals surface area contributed by atoms with Gasteiger partial charge in [-0.2, -0.15) is 5.26 Å². The monoisotopic (exact) mass is 256 g/mol. The summed E-state index contributed by atoms with van der Waals surface area (Å²) in [6, 6.07) is 4.42. The lowest BCUT2D eigenvalue weighted by molar-refractivity contribution is -0.114. The molecule has 1 aromatic rings. The van der Waals surface area contributed by atoms with Crippen LogP contribution < -0.4 is 5.32 Å². The molecular weight excluding hydrogens is 247 g/mol. The summed E-state index contributed by atoms with van der Waals surface area (Å²) < 4.78 is 36.3. The summed E-state index contributed by atoms with van der Waals surface area (Å²) in [5.41, 5.74) is -0.0332. The fourth-order valence-corrected chi connectivity index (χ4v) is 2.28. The summed E-state index contributed by atoms with van der Waals surface area (Å²) >= 11 is 0. The van der Waals surface area contributed by atoms with Crippen LogP contribution in [0.4, 0.5) is 10.1 Å². The highest BCUT2D eigenvalue weighted by Gasteiger charge is 2.19. The van der Waals surface area contributed by atoms with Gasteiger partial charge in [-0.25, -0.2) is 12.8 Å². The van der Waals surface area contributed by atoms with E-state index in [0.717, 1.165) is 18.2 Å². The number of carbonyl (C=O) groups excluding carboxylic acids is 1. The molecule has 0 aliphatic carbocycles. The number of amides is 1. The molecule has 0 spiro atoms. The number of rotatable bonds is 3. The molecule has 7 heteroatoms. The summed E-state index contributed by atoms with van der Waals surface area (Å²) in [5.74, 6) is -2.01. The fraction of sp³-hybridized carbons (Fsp3) is 0.200. The number of anilines is 1. The van der Waals surface area contributed by atoms with Crippen molar-refractivity contribution in [3.8, 4) is 6.07 Å².